The molecule has 2 N–H and O–H groups in total. The van der Waals surface area contributed by atoms with Crippen LogP contribution in [0.4, 0.5) is 10.5 Å². The number of benzene rings is 2. The Morgan fingerprint density at radius 3 is 2.58 bits per heavy atom. The lowest BCUT2D eigenvalue weighted by Gasteiger charge is -2.06. The number of halogens is 1. The fourth-order valence-electron chi connectivity index (χ4n) is 1.90. The molecule has 2 aromatic rings. The molecule has 0 aliphatic rings. The zero-order valence-corrected chi connectivity index (χ0v) is 13.8. The summed E-state index contributed by atoms with van der Waals surface area (Å²) in [5, 5.41) is 5.88. The Morgan fingerprint density at radius 2 is 1.92 bits per heavy atom. The predicted octanol–water partition coefficient (Wildman–Crippen LogP) is 4.31. The molecule has 0 atom stereocenters. The van der Waals surface area contributed by atoms with Crippen molar-refractivity contribution >= 4 is 35.4 Å². The number of hydrogen-bond donors (Lipinski definition) is 2. The van der Waals surface area contributed by atoms with E-state index in [9.17, 15) is 9.59 Å². The average Bonchev–Trinajstić information content (AvgIpc) is 2.56. The second-order valence-electron chi connectivity index (χ2n) is 4.78. The standard InChI is InChI=1S/C18H17ClN2O3/c1-2-24-17(22)14-6-8-16(9-7-14)21-18(23)20-11-10-13-4-3-5-15(19)12-13/h3-12H,2H2,1H3,(H2,20,21,23)/b11-10+. The minimum absolute atomic E-state index is 0.320. The highest BCUT2D eigenvalue weighted by Crippen LogP contribution is 2.12. The van der Waals surface area contributed by atoms with Gasteiger partial charge in [0.05, 0.1) is 12.2 Å². The first-order valence-corrected chi connectivity index (χ1v) is 7.73. The molecule has 0 radical (unpaired) electrons. The molecule has 2 aromatic carbocycles. The van der Waals surface area contributed by atoms with Crippen LogP contribution in [-0.2, 0) is 4.74 Å². The number of urea groups is 1. The zero-order valence-electron chi connectivity index (χ0n) is 13.1. The van der Waals surface area contributed by atoms with Crippen LogP contribution in [0.25, 0.3) is 6.08 Å². The van der Waals surface area contributed by atoms with Gasteiger partial charge in [-0.2, -0.15) is 0 Å². The maximum Gasteiger partial charge on any atom is 0.338 e. The molecule has 0 fully saturated rings. The maximum absolute atomic E-state index is 11.8. The van der Waals surface area contributed by atoms with Gasteiger partial charge in [0.15, 0.2) is 0 Å². The molecule has 2 rings (SSSR count). The summed E-state index contributed by atoms with van der Waals surface area (Å²) in [4.78, 5) is 23.3. The molecular formula is C18H17ClN2O3. The van der Waals surface area contributed by atoms with Crippen LogP contribution in [0.2, 0.25) is 5.02 Å². The second-order valence-corrected chi connectivity index (χ2v) is 5.22. The largest absolute Gasteiger partial charge is 0.462 e. The van der Waals surface area contributed by atoms with Crippen LogP contribution in [0.3, 0.4) is 0 Å². The van der Waals surface area contributed by atoms with E-state index in [0.717, 1.165) is 5.56 Å². The Balaban J connectivity index is 1.87. The summed E-state index contributed by atoms with van der Waals surface area (Å²) in [5.74, 6) is -0.391. The van der Waals surface area contributed by atoms with E-state index < -0.39 is 12.0 Å². The Morgan fingerprint density at radius 1 is 1.17 bits per heavy atom. The van der Waals surface area contributed by atoms with E-state index in [1.165, 1.54) is 6.20 Å². The van der Waals surface area contributed by atoms with Crippen LogP contribution in [0.1, 0.15) is 22.8 Å². The van der Waals surface area contributed by atoms with Crippen LogP contribution in [0.15, 0.2) is 54.7 Å². The van der Waals surface area contributed by atoms with Crippen molar-refractivity contribution in [2.24, 2.45) is 0 Å². The van der Waals surface area contributed by atoms with Gasteiger partial charge in [0, 0.05) is 16.9 Å². The third-order valence-electron chi connectivity index (χ3n) is 2.99. The summed E-state index contributed by atoms with van der Waals surface area (Å²) in [6.07, 6.45) is 3.25. The van der Waals surface area contributed by atoms with Crippen LogP contribution >= 0.6 is 11.6 Å². The van der Waals surface area contributed by atoms with Crippen molar-refractivity contribution in [2.45, 2.75) is 6.92 Å². The Labute approximate surface area is 145 Å². The van der Waals surface area contributed by atoms with Crippen LogP contribution in [0, 0.1) is 0 Å². The van der Waals surface area contributed by atoms with E-state index >= 15 is 0 Å². The number of carbonyl (C=O) groups is 2. The fraction of sp³-hybridized carbons (Fsp3) is 0.111. The van der Waals surface area contributed by atoms with E-state index in [4.69, 9.17) is 16.3 Å². The van der Waals surface area contributed by atoms with E-state index in [0.29, 0.717) is 22.9 Å². The number of nitrogens with one attached hydrogen (secondary N) is 2. The highest BCUT2D eigenvalue weighted by molar-refractivity contribution is 6.30. The summed E-state index contributed by atoms with van der Waals surface area (Å²) in [6.45, 7) is 2.06. The number of esters is 1. The lowest BCUT2D eigenvalue weighted by molar-refractivity contribution is 0.0526. The van der Waals surface area contributed by atoms with Gasteiger partial charge in [0.2, 0.25) is 0 Å². The number of anilines is 1. The molecule has 0 saturated heterocycles. The second kappa shape index (κ2) is 8.74. The normalized spacial score (nSPS) is 10.4. The van der Waals surface area contributed by atoms with Gasteiger partial charge in [-0.3, -0.25) is 0 Å². The van der Waals surface area contributed by atoms with Crippen LogP contribution in [-0.4, -0.2) is 18.6 Å². The van der Waals surface area contributed by atoms with Gasteiger partial charge < -0.3 is 15.4 Å². The first kappa shape index (κ1) is 17.6. The van der Waals surface area contributed by atoms with Crippen molar-refractivity contribution in [2.75, 3.05) is 11.9 Å². The van der Waals surface area contributed by atoms with Gasteiger partial charge in [0.25, 0.3) is 0 Å². The van der Waals surface area contributed by atoms with E-state index in [1.54, 1.807) is 49.4 Å². The highest BCUT2D eigenvalue weighted by Gasteiger charge is 2.06. The minimum Gasteiger partial charge on any atom is -0.462 e. The van der Waals surface area contributed by atoms with Crippen molar-refractivity contribution in [1.82, 2.24) is 5.32 Å². The predicted molar refractivity (Wildman–Crippen MR) is 95.0 cm³/mol. The summed E-state index contributed by atoms with van der Waals surface area (Å²) >= 11 is 5.88. The average molecular weight is 345 g/mol. The molecule has 5 nitrogen and oxygen atoms in total. The first-order valence-electron chi connectivity index (χ1n) is 7.35. The molecule has 0 aliphatic carbocycles. The molecule has 0 bridgehead atoms. The topological polar surface area (TPSA) is 67.4 Å². The number of hydrogen-bond acceptors (Lipinski definition) is 3. The molecule has 2 amide bonds. The number of amides is 2. The molecule has 0 spiro atoms. The monoisotopic (exact) mass is 344 g/mol. The Kier molecular flexibility index (Phi) is 6.40. The molecule has 0 aliphatic heterocycles. The van der Waals surface area contributed by atoms with Gasteiger partial charge in [-0.05, 0) is 55.0 Å². The third-order valence-corrected chi connectivity index (χ3v) is 3.23. The van der Waals surface area contributed by atoms with Gasteiger partial charge in [0.1, 0.15) is 0 Å². The number of carbonyl (C=O) groups excluding carboxylic acids is 2. The maximum atomic E-state index is 11.8. The van der Waals surface area contributed by atoms with Crippen LogP contribution < -0.4 is 10.6 Å². The smallest absolute Gasteiger partial charge is 0.338 e. The molecule has 0 heterocycles. The quantitative estimate of drug-likeness (QED) is 0.794. The van der Waals surface area contributed by atoms with E-state index in [2.05, 4.69) is 10.6 Å². The Hall–Kier alpha value is -2.79. The summed E-state index contributed by atoms with van der Waals surface area (Å²) in [5.41, 5.74) is 1.88. The van der Waals surface area contributed by atoms with Crippen molar-refractivity contribution in [3.63, 3.8) is 0 Å². The fourth-order valence-corrected chi connectivity index (χ4v) is 2.09. The lowest BCUT2D eigenvalue weighted by Crippen LogP contribution is -2.23. The van der Waals surface area contributed by atoms with Crippen molar-refractivity contribution in [3.05, 3.63) is 70.9 Å². The molecule has 24 heavy (non-hydrogen) atoms. The van der Waals surface area contributed by atoms with Gasteiger partial charge in [-0.1, -0.05) is 23.7 Å². The summed E-state index contributed by atoms with van der Waals surface area (Å²) in [6, 6.07) is 13.3. The van der Waals surface area contributed by atoms with Crippen molar-refractivity contribution in [3.8, 4) is 0 Å². The molecular weight excluding hydrogens is 328 g/mol. The summed E-state index contributed by atoms with van der Waals surface area (Å²) in [7, 11) is 0. The number of rotatable bonds is 5. The number of ether oxygens (including phenoxy) is 1. The van der Waals surface area contributed by atoms with E-state index in [1.807, 2.05) is 12.1 Å². The van der Waals surface area contributed by atoms with Crippen molar-refractivity contribution in [1.29, 1.82) is 0 Å². The zero-order chi connectivity index (χ0) is 17.4. The van der Waals surface area contributed by atoms with Gasteiger partial charge in [-0.25, -0.2) is 9.59 Å². The highest BCUT2D eigenvalue weighted by atomic mass is 35.5. The molecule has 124 valence electrons. The van der Waals surface area contributed by atoms with Crippen molar-refractivity contribution < 1.29 is 14.3 Å². The molecule has 6 heteroatoms. The third kappa shape index (κ3) is 5.44. The minimum atomic E-state index is -0.392. The van der Waals surface area contributed by atoms with Gasteiger partial charge in [-0.15, -0.1) is 0 Å². The summed E-state index contributed by atoms with van der Waals surface area (Å²) < 4.78 is 4.90. The Bertz CT molecular complexity index is 742. The lowest BCUT2D eigenvalue weighted by atomic mass is 10.2. The SMILES string of the molecule is CCOC(=O)c1ccc(NC(=O)N/C=C/c2cccc(Cl)c2)cc1. The molecule has 0 unspecified atom stereocenters. The van der Waals surface area contributed by atoms with E-state index in [-0.39, 0.29) is 0 Å². The molecule has 0 aromatic heterocycles. The van der Waals surface area contributed by atoms with Gasteiger partial charge >= 0.3 is 12.0 Å². The van der Waals surface area contributed by atoms with Crippen LogP contribution in [0.5, 0.6) is 0 Å². The first-order chi connectivity index (χ1) is 11.6. The molecule has 0 saturated carbocycles.